The van der Waals surface area contributed by atoms with Crippen molar-refractivity contribution >= 4 is 11.8 Å². The van der Waals surface area contributed by atoms with Gasteiger partial charge in [0.05, 0.1) is 0 Å². The Labute approximate surface area is 195 Å². The fourth-order valence-corrected chi connectivity index (χ4v) is 6.80. The zero-order valence-electron chi connectivity index (χ0n) is 20.4. The topological polar surface area (TPSA) is 0 Å². The molecule has 3 aliphatic carbocycles. The molecule has 0 aromatic carbocycles. The first-order valence-corrected chi connectivity index (χ1v) is 14.2. The van der Waals surface area contributed by atoms with Crippen molar-refractivity contribution in [2.45, 2.75) is 96.4 Å². The molecule has 0 saturated heterocycles. The fraction of sp³-hybridized carbons (Fsp3) is 0.724. The molecule has 0 radical (unpaired) electrons. The van der Waals surface area contributed by atoms with Crippen molar-refractivity contribution in [1.29, 1.82) is 0 Å². The van der Waals surface area contributed by atoms with E-state index in [-0.39, 0.29) is 0 Å². The summed E-state index contributed by atoms with van der Waals surface area (Å²) in [7, 11) is 0. The molecule has 2 unspecified atom stereocenters. The van der Waals surface area contributed by atoms with Crippen molar-refractivity contribution in [2.75, 3.05) is 6.26 Å². The van der Waals surface area contributed by atoms with E-state index in [1.165, 1.54) is 56.9 Å². The van der Waals surface area contributed by atoms with Gasteiger partial charge in [0.2, 0.25) is 0 Å². The largest absolute Gasteiger partial charge is 0.238 e. The number of alkyl halides is 1. The number of allylic oxidation sites excluding steroid dienone is 8. The molecule has 0 spiro atoms. The molecule has 0 aliphatic heterocycles. The quantitative estimate of drug-likeness (QED) is 0.336. The average molecular weight is 445 g/mol. The lowest BCUT2D eigenvalue weighted by molar-refractivity contribution is 0.224. The predicted molar refractivity (Wildman–Crippen MR) is 137 cm³/mol. The molecule has 2 heteroatoms. The van der Waals surface area contributed by atoms with Crippen molar-refractivity contribution in [1.82, 2.24) is 0 Å². The van der Waals surface area contributed by atoms with Gasteiger partial charge in [-0.2, -0.15) is 11.8 Å². The smallest absolute Gasteiger partial charge is 0.140 e. The number of rotatable bonds is 8. The molecular formula is C29H45FS. The van der Waals surface area contributed by atoms with Gasteiger partial charge in [0.1, 0.15) is 6.17 Å². The van der Waals surface area contributed by atoms with Gasteiger partial charge in [0.15, 0.2) is 0 Å². The van der Waals surface area contributed by atoms with E-state index in [0.717, 1.165) is 35.5 Å². The first-order chi connectivity index (χ1) is 15.0. The predicted octanol–water partition coefficient (Wildman–Crippen LogP) is 9.10. The number of hydrogen-bond donors (Lipinski definition) is 0. The second kappa shape index (κ2) is 12.5. The van der Waals surface area contributed by atoms with Crippen LogP contribution in [0.25, 0.3) is 0 Å². The van der Waals surface area contributed by atoms with Gasteiger partial charge in [0.25, 0.3) is 0 Å². The molecule has 0 aromatic heterocycles. The summed E-state index contributed by atoms with van der Waals surface area (Å²) in [5.41, 5.74) is 2.42. The Morgan fingerprint density at radius 1 is 0.968 bits per heavy atom. The molecule has 3 rings (SSSR count). The van der Waals surface area contributed by atoms with Crippen molar-refractivity contribution in [2.24, 2.45) is 29.6 Å². The molecule has 2 atom stereocenters. The van der Waals surface area contributed by atoms with E-state index in [1.807, 2.05) is 17.8 Å². The van der Waals surface area contributed by atoms with Crippen LogP contribution in [0.15, 0.2) is 47.6 Å². The second-order valence-corrected chi connectivity index (χ2v) is 11.7. The van der Waals surface area contributed by atoms with Crippen LogP contribution in [0, 0.1) is 29.6 Å². The van der Waals surface area contributed by atoms with Crippen LogP contribution in [-0.2, 0) is 0 Å². The average Bonchev–Trinajstić information content (AvgIpc) is 2.98. The fourth-order valence-electron chi connectivity index (χ4n) is 6.05. The van der Waals surface area contributed by atoms with E-state index >= 15 is 4.39 Å². The highest BCUT2D eigenvalue weighted by molar-refractivity contribution is 7.99. The first kappa shape index (κ1) is 24.9. The Morgan fingerprint density at radius 3 is 2.26 bits per heavy atom. The summed E-state index contributed by atoms with van der Waals surface area (Å²) < 4.78 is 15.1. The molecule has 2 fully saturated rings. The maximum Gasteiger partial charge on any atom is 0.140 e. The Morgan fingerprint density at radius 2 is 1.65 bits per heavy atom. The van der Waals surface area contributed by atoms with Crippen LogP contribution >= 0.6 is 11.8 Å². The van der Waals surface area contributed by atoms with Crippen LogP contribution in [0.3, 0.4) is 0 Å². The van der Waals surface area contributed by atoms with Crippen LogP contribution in [0.5, 0.6) is 0 Å². The van der Waals surface area contributed by atoms with Gasteiger partial charge in [-0.3, -0.25) is 0 Å². The maximum atomic E-state index is 15.1. The Bertz CT molecular complexity index is 654. The van der Waals surface area contributed by atoms with E-state index in [9.17, 15) is 0 Å². The lowest BCUT2D eigenvalue weighted by Gasteiger charge is -2.34. The van der Waals surface area contributed by atoms with Crippen LogP contribution in [0.1, 0.15) is 85.0 Å². The summed E-state index contributed by atoms with van der Waals surface area (Å²) in [6.45, 7) is 6.81. The lowest BCUT2D eigenvalue weighted by Crippen LogP contribution is -2.24. The number of hydrogen-bond acceptors (Lipinski definition) is 1. The van der Waals surface area contributed by atoms with Gasteiger partial charge in [-0.05, 0) is 118 Å². The standard InChI is InChI=1S/C29H45FS/c1-5-6-22(8-7-21(2)3)23-9-11-26(12-10-23)28-19-15-25(16-20-29(28)30)24-13-17-27(31-4)18-14-24/h5-6,15-16,19-24,26-27,29H,7-14,17-18H2,1-4H3/b6-5-. The molecule has 0 bridgehead atoms. The lowest BCUT2D eigenvalue weighted by atomic mass is 9.71. The zero-order chi connectivity index (χ0) is 22.2. The zero-order valence-corrected chi connectivity index (χ0v) is 21.2. The van der Waals surface area contributed by atoms with E-state index < -0.39 is 6.17 Å². The normalized spacial score (nSPS) is 33.3. The van der Waals surface area contributed by atoms with Crippen molar-refractivity contribution in [3.05, 3.63) is 47.6 Å². The first-order valence-electron chi connectivity index (χ1n) is 12.9. The van der Waals surface area contributed by atoms with Gasteiger partial charge in [-0.15, -0.1) is 0 Å². The summed E-state index contributed by atoms with van der Waals surface area (Å²) in [5, 5.41) is 0.828. The van der Waals surface area contributed by atoms with Crippen LogP contribution < -0.4 is 0 Å². The Kier molecular flexibility index (Phi) is 10.0. The molecule has 2 saturated carbocycles. The maximum absolute atomic E-state index is 15.1. The van der Waals surface area contributed by atoms with E-state index in [2.05, 4.69) is 57.4 Å². The van der Waals surface area contributed by atoms with Gasteiger partial charge in [0, 0.05) is 5.25 Å². The summed E-state index contributed by atoms with van der Waals surface area (Å²) in [6.07, 6.45) is 27.0. The van der Waals surface area contributed by atoms with Crippen molar-refractivity contribution < 1.29 is 4.39 Å². The highest BCUT2D eigenvalue weighted by atomic mass is 32.2. The third kappa shape index (κ3) is 7.11. The highest BCUT2D eigenvalue weighted by Gasteiger charge is 2.31. The number of halogens is 1. The van der Waals surface area contributed by atoms with Gasteiger partial charge < -0.3 is 0 Å². The van der Waals surface area contributed by atoms with E-state index in [0.29, 0.717) is 17.8 Å². The minimum Gasteiger partial charge on any atom is -0.238 e. The molecule has 0 heterocycles. The van der Waals surface area contributed by atoms with Crippen molar-refractivity contribution in [3.63, 3.8) is 0 Å². The van der Waals surface area contributed by atoms with Gasteiger partial charge >= 0.3 is 0 Å². The summed E-state index contributed by atoms with van der Waals surface area (Å²) in [4.78, 5) is 0. The molecule has 0 nitrogen and oxygen atoms in total. The Balaban J connectivity index is 1.59. The van der Waals surface area contributed by atoms with Crippen LogP contribution in [0.2, 0.25) is 0 Å². The van der Waals surface area contributed by atoms with Gasteiger partial charge in [-0.1, -0.05) is 50.6 Å². The summed E-state index contributed by atoms with van der Waals surface area (Å²) >= 11 is 2.01. The monoisotopic (exact) mass is 444 g/mol. The van der Waals surface area contributed by atoms with Crippen LogP contribution in [-0.4, -0.2) is 17.7 Å². The Hall–Kier alpha value is -0.760. The third-order valence-corrected chi connectivity index (χ3v) is 9.23. The minimum atomic E-state index is -0.898. The van der Waals surface area contributed by atoms with E-state index in [4.69, 9.17) is 0 Å². The molecule has 3 aliphatic rings. The molecule has 31 heavy (non-hydrogen) atoms. The molecule has 0 amide bonds. The molecule has 174 valence electrons. The van der Waals surface area contributed by atoms with Crippen molar-refractivity contribution in [3.8, 4) is 0 Å². The number of thioether (sulfide) groups is 1. The second-order valence-electron chi connectivity index (χ2n) is 10.6. The summed E-state index contributed by atoms with van der Waals surface area (Å²) in [6, 6.07) is 0. The van der Waals surface area contributed by atoms with Crippen LogP contribution in [0.4, 0.5) is 4.39 Å². The van der Waals surface area contributed by atoms with Gasteiger partial charge in [-0.25, -0.2) is 4.39 Å². The third-order valence-electron chi connectivity index (χ3n) is 8.09. The molecular weight excluding hydrogens is 399 g/mol. The van der Waals surface area contributed by atoms with E-state index in [1.54, 1.807) is 0 Å². The summed E-state index contributed by atoms with van der Waals surface area (Å²) in [5.74, 6) is 3.32. The SMILES string of the molecule is C/C=C\C(CCC(C)C)C1CCC(C2=CC=C(C3CCC(SC)CC3)C=CC2F)CC1. The highest BCUT2D eigenvalue weighted by Crippen LogP contribution is 2.42. The molecule has 0 N–H and O–H groups in total. The minimum absolute atomic E-state index is 0.426. The molecule has 0 aromatic rings.